The van der Waals surface area contributed by atoms with Crippen LogP contribution in [0.25, 0.3) is 10.2 Å². The lowest BCUT2D eigenvalue weighted by molar-refractivity contribution is 0.0478. The lowest BCUT2D eigenvalue weighted by Gasteiger charge is -2.07. The Hall–Kier alpha value is -2.47. The van der Waals surface area contributed by atoms with E-state index in [0.29, 0.717) is 33.1 Å². The Balaban J connectivity index is 1.57. The van der Waals surface area contributed by atoms with Crippen molar-refractivity contribution >= 4 is 27.5 Å². The molecule has 140 valence electrons. The van der Waals surface area contributed by atoms with Gasteiger partial charge in [0.15, 0.2) is 0 Å². The molecular formula is C21H22N2O3S. The lowest BCUT2D eigenvalue weighted by Crippen LogP contribution is -2.20. The molecule has 1 aliphatic rings. The molecule has 6 heteroatoms. The summed E-state index contributed by atoms with van der Waals surface area (Å²) in [5, 5.41) is 0.555. The van der Waals surface area contributed by atoms with Gasteiger partial charge in [0, 0.05) is 13.0 Å². The van der Waals surface area contributed by atoms with Gasteiger partial charge >= 0.3 is 5.97 Å². The van der Waals surface area contributed by atoms with Gasteiger partial charge in [-0.15, -0.1) is 11.3 Å². The van der Waals surface area contributed by atoms with Crippen LogP contribution in [0.2, 0.25) is 0 Å². The van der Waals surface area contributed by atoms with Gasteiger partial charge in [-0.05, 0) is 36.0 Å². The van der Waals surface area contributed by atoms with E-state index < -0.39 is 5.97 Å². The summed E-state index contributed by atoms with van der Waals surface area (Å²) in [6.07, 6.45) is 1.76. The summed E-state index contributed by atoms with van der Waals surface area (Å²) in [5.41, 5.74) is 2.84. The third kappa shape index (κ3) is 3.18. The minimum absolute atomic E-state index is 0.0374. The summed E-state index contributed by atoms with van der Waals surface area (Å²) in [6, 6.07) is 8.09. The Kier molecular flexibility index (Phi) is 4.60. The number of carbonyl (C=O) groups is 1. The fraction of sp³-hybridized carbons (Fsp3) is 0.381. The number of thiophene rings is 1. The van der Waals surface area contributed by atoms with Gasteiger partial charge in [-0.3, -0.25) is 9.36 Å². The fourth-order valence-corrected chi connectivity index (χ4v) is 4.57. The van der Waals surface area contributed by atoms with Crippen LogP contribution in [0, 0.1) is 6.92 Å². The molecule has 0 saturated heterocycles. The van der Waals surface area contributed by atoms with Crippen molar-refractivity contribution in [1.29, 1.82) is 0 Å². The molecule has 5 nitrogen and oxygen atoms in total. The average Bonchev–Trinajstić information content (AvgIpc) is 3.25. The summed E-state index contributed by atoms with van der Waals surface area (Å²) >= 11 is 1.25. The quantitative estimate of drug-likeness (QED) is 0.635. The molecule has 0 radical (unpaired) electrons. The van der Waals surface area contributed by atoms with Crippen molar-refractivity contribution in [1.82, 2.24) is 9.55 Å². The Bertz CT molecular complexity index is 1080. The van der Waals surface area contributed by atoms with Gasteiger partial charge in [0.2, 0.25) is 0 Å². The largest absolute Gasteiger partial charge is 0.457 e. The minimum atomic E-state index is -0.395. The van der Waals surface area contributed by atoms with Crippen molar-refractivity contribution in [3.05, 3.63) is 62.0 Å². The molecule has 0 N–H and O–H groups in total. The lowest BCUT2D eigenvalue weighted by atomic mass is 10.0. The van der Waals surface area contributed by atoms with Crippen molar-refractivity contribution < 1.29 is 9.53 Å². The van der Waals surface area contributed by atoms with E-state index in [1.54, 1.807) is 11.5 Å². The Morgan fingerprint density at radius 3 is 2.74 bits per heavy atom. The van der Waals surface area contributed by atoms with Gasteiger partial charge in [-0.25, -0.2) is 9.78 Å². The number of hydrogen-bond donors (Lipinski definition) is 0. The van der Waals surface area contributed by atoms with E-state index in [2.05, 4.69) is 31.0 Å². The molecule has 0 fully saturated rings. The molecule has 0 saturated carbocycles. The summed E-state index contributed by atoms with van der Waals surface area (Å²) in [5.74, 6) is 0.892. The number of ether oxygens (including phenoxy) is 1. The molecule has 1 aliphatic heterocycles. The third-order valence-electron chi connectivity index (χ3n) is 5.11. The zero-order chi connectivity index (χ0) is 19.1. The molecule has 0 amide bonds. The van der Waals surface area contributed by atoms with E-state index in [-0.39, 0.29) is 12.2 Å². The van der Waals surface area contributed by atoms with E-state index in [4.69, 9.17) is 4.74 Å². The van der Waals surface area contributed by atoms with Gasteiger partial charge in [-0.2, -0.15) is 0 Å². The summed E-state index contributed by atoms with van der Waals surface area (Å²) < 4.78 is 7.23. The first-order chi connectivity index (χ1) is 13.0. The smallest absolute Gasteiger partial charge is 0.349 e. The van der Waals surface area contributed by atoms with Crippen LogP contribution in [-0.4, -0.2) is 15.5 Å². The highest BCUT2D eigenvalue weighted by atomic mass is 32.1. The average molecular weight is 382 g/mol. The highest BCUT2D eigenvalue weighted by Gasteiger charge is 2.24. The highest BCUT2D eigenvalue weighted by Crippen LogP contribution is 2.29. The number of aromatic nitrogens is 2. The number of aryl methyl sites for hydroxylation is 2. The number of esters is 1. The monoisotopic (exact) mass is 382 g/mol. The maximum atomic E-state index is 12.7. The predicted octanol–water partition coefficient (Wildman–Crippen LogP) is 4.19. The van der Waals surface area contributed by atoms with Crippen LogP contribution in [0.3, 0.4) is 0 Å². The molecule has 3 heterocycles. The van der Waals surface area contributed by atoms with Gasteiger partial charge in [-0.1, -0.05) is 38.1 Å². The van der Waals surface area contributed by atoms with Crippen LogP contribution in [0.4, 0.5) is 0 Å². The standard InChI is InChI=1S/C21H22N2O3S/c1-12(2)15-8-6-14(7-9-15)11-26-21(25)18-13(3)17-19(27-18)22-16-5-4-10-23(16)20(17)24/h6-9,12H,4-5,10-11H2,1-3H3. The topological polar surface area (TPSA) is 61.2 Å². The molecule has 0 atom stereocenters. The molecule has 3 aromatic rings. The van der Waals surface area contributed by atoms with Gasteiger partial charge in [0.25, 0.3) is 5.56 Å². The third-order valence-corrected chi connectivity index (χ3v) is 6.28. The second kappa shape index (κ2) is 6.93. The molecule has 2 aromatic heterocycles. The van der Waals surface area contributed by atoms with E-state index >= 15 is 0 Å². The Labute approximate surface area is 161 Å². The fourth-order valence-electron chi connectivity index (χ4n) is 3.48. The molecule has 0 aliphatic carbocycles. The maximum Gasteiger partial charge on any atom is 0.349 e. The van der Waals surface area contributed by atoms with Crippen LogP contribution >= 0.6 is 11.3 Å². The Morgan fingerprint density at radius 1 is 1.30 bits per heavy atom. The number of carbonyl (C=O) groups excluding carboxylic acids is 1. The molecule has 27 heavy (non-hydrogen) atoms. The maximum absolute atomic E-state index is 12.7. The van der Waals surface area contributed by atoms with Gasteiger partial charge in [0.05, 0.1) is 5.39 Å². The van der Waals surface area contributed by atoms with Crippen molar-refractivity contribution in [2.45, 2.75) is 52.7 Å². The van der Waals surface area contributed by atoms with Crippen LogP contribution in [0.1, 0.15) is 58.4 Å². The molecular weight excluding hydrogens is 360 g/mol. The second-order valence-corrected chi connectivity index (χ2v) is 8.30. The minimum Gasteiger partial charge on any atom is -0.457 e. The summed E-state index contributed by atoms with van der Waals surface area (Å²) in [4.78, 5) is 31.0. The molecule has 1 aromatic carbocycles. The highest BCUT2D eigenvalue weighted by molar-refractivity contribution is 7.20. The first-order valence-corrected chi connectivity index (χ1v) is 10.1. The van der Waals surface area contributed by atoms with Gasteiger partial charge in [0.1, 0.15) is 22.1 Å². The number of nitrogens with zero attached hydrogens (tertiary/aromatic N) is 2. The zero-order valence-electron chi connectivity index (χ0n) is 15.7. The van der Waals surface area contributed by atoms with Crippen molar-refractivity contribution in [3.8, 4) is 0 Å². The number of rotatable bonds is 4. The SMILES string of the molecule is Cc1c(C(=O)OCc2ccc(C(C)C)cc2)sc2nc3n(c(=O)c12)CCC3. The number of fused-ring (bicyclic) bond motifs is 2. The van der Waals surface area contributed by atoms with E-state index in [1.807, 2.05) is 12.1 Å². The van der Waals surface area contributed by atoms with Crippen molar-refractivity contribution in [2.75, 3.05) is 0 Å². The van der Waals surface area contributed by atoms with Crippen LogP contribution in [0.5, 0.6) is 0 Å². The number of hydrogen-bond acceptors (Lipinski definition) is 5. The van der Waals surface area contributed by atoms with Crippen LogP contribution < -0.4 is 5.56 Å². The first kappa shape index (κ1) is 17.9. The molecule has 4 rings (SSSR count). The Morgan fingerprint density at radius 2 is 2.04 bits per heavy atom. The van der Waals surface area contributed by atoms with Crippen molar-refractivity contribution in [2.24, 2.45) is 0 Å². The molecule has 0 unspecified atom stereocenters. The second-order valence-electron chi connectivity index (χ2n) is 7.30. The summed E-state index contributed by atoms with van der Waals surface area (Å²) in [7, 11) is 0. The first-order valence-electron chi connectivity index (χ1n) is 9.24. The molecule has 0 spiro atoms. The van der Waals surface area contributed by atoms with Crippen LogP contribution in [-0.2, 0) is 24.3 Å². The van der Waals surface area contributed by atoms with E-state index in [0.717, 1.165) is 24.2 Å². The van der Waals surface area contributed by atoms with Gasteiger partial charge < -0.3 is 4.74 Å². The van der Waals surface area contributed by atoms with E-state index in [1.165, 1.54) is 16.9 Å². The van der Waals surface area contributed by atoms with Crippen molar-refractivity contribution in [3.63, 3.8) is 0 Å². The zero-order valence-corrected chi connectivity index (χ0v) is 16.6. The number of benzene rings is 1. The predicted molar refractivity (Wildman–Crippen MR) is 107 cm³/mol. The van der Waals surface area contributed by atoms with E-state index in [9.17, 15) is 9.59 Å². The van der Waals surface area contributed by atoms with Crippen LogP contribution in [0.15, 0.2) is 29.1 Å². The summed E-state index contributed by atoms with van der Waals surface area (Å²) in [6.45, 7) is 7.02. The normalized spacial score (nSPS) is 13.3. The molecule has 0 bridgehead atoms.